The molecule has 2 atom stereocenters. The third-order valence-electron chi connectivity index (χ3n) is 5.43. The van der Waals surface area contributed by atoms with Gasteiger partial charge >= 0.3 is 0 Å². The highest BCUT2D eigenvalue weighted by Gasteiger charge is 2.43. The van der Waals surface area contributed by atoms with Crippen LogP contribution < -0.4 is 5.32 Å². The molecule has 1 aliphatic rings. The second kappa shape index (κ2) is 6.97. The maximum absolute atomic E-state index is 6.05. The van der Waals surface area contributed by atoms with Crippen molar-refractivity contribution in [1.82, 2.24) is 5.32 Å². The first kappa shape index (κ1) is 16.6. The molecule has 3 nitrogen and oxygen atoms in total. The lowest BCUT2D eigenvalue weighted by molar-refractivity contribution is -0.132. The van der Waals surface area contributed by atoms with Gasteiger partial charge in [-0.25, -0.2) is 0 Å². The number of rotatable bonds is 7. The SMILES string of the molecule is CC[C@]1(C)C[C@](CCNCc2ccco2)(C(C)C)CCO1. The van der Waals surface area contributed by atoms with Crippen molar-refractivity contribution < 1.29 is 9.15 Å². The van der Waals surface area contributed by atoms with Crippen molar-refractivity contribution in [2.24, 2.45) is 11.3 Å². The van der Waals surface area contributed by atoms with Crippen molar-refractivity contribution in [2.75, 3.05) is 13.2 Å². The molecule has 0 radical (unpaired) electrons. The molecule has 0 bridgehead atoms. The van der Waals surface area contributed by atoms with Crippen LogP contribution in [0.4, 0.5) is 0 Å². The monoisotopic (exact) mass is 293 g/mol. The van der Waals surface area contributed by atoms with Gasteiger partial charge in [0.05, 0.1) is 18.4 Å². The summed E-state index contributed by atoms with van der Waals surface area (Å²) in [6.45, 7) is 12.0. The Morgan fingerprint density at radius 3 is 2.81 bits per heavy atom. The van der Waals surface area contributed by atoms with Crippen LogP contribution in [0.25, 0.3) is 0 Å². The smallest absolute Gasteiger partial charge is 0.117 e. The molecule has 0 amide bonds. The van der Waals surface area contributed by atoms with Crippen molar-refractivity contribution in [3.63, 3.8) is 0 Å². The van der Waals surface area contributed by atoms with Crippen molar-refractivity contribution in [3.05, 3.63) is 24.2 Å². The second-order valence-corrected chi connectivity index (χ2v) is 7.10. The lowest BCUT2D eigenvalue weighted by Crippen LogP contribution is -2.46. The van der Waals surface area contributed by atoms with Crippen molar-refractivity contribution in [3.8, 4) is 0 Å². The molecule has 1 aliphatic heterocycles. The molecule has 0 aromatic carbocycles. The molecule has 21 heavy (non-hydrogen) atoms. The van der Waals surface area contributed by atoms with Gasteiger partial charge in [0, 0.05) is 6.61 Å². The predicted molar refractivity (Wildman–Crippen MR) is 86.2 cm³/mol. The summed E-state index contributed by atoms with van der Waals surface area (Å²) in [7, 11) is 0. The van der Waals surface area contributed by atoms with Crippen LogP contribution in [0.2, 0.25) is 0 Å². The van der Waals surface area contributed by atoms with E-state index in [2.05, 4.69) is 33.0 Å². The number of hydrogen-bond acceptors (Lipinski definition) is 3. The molecule has 0 aliphatic carbocycles. The quantitative estimate of drug-likeness (QED) is 0.758. The van der Waals surface area contributed by atoms with E-state index in [1.165, 1.54) is 19.3 Å². The van der Waals surface area contributed by atoms with Crippen molar-refractivity contribution in [1.29, 1.82) is 0 Å². The van der Waals surface area contributed by atoms with Gasteiger partial charge < -0.3 is 14.5 Å². The first-order valence-electron chi connectivity index (χ1n) is 8.37. The van der Waals surface area contributed by atoms with Crippen molar-refractivity contribution in [2.45, 2.75) is 65.5 Å². The van der Waals surface area contributed by atoms with Crippen LogP contribution in [0.3, 0.4) is 0 Å². The predicted octanol–water partition coefficient (Wildman–Crippen LogP) is 4.38. The Balaban J connectivity index is 1.89. The normalized spacial score (nSPS) is 30.0. The van der Waals surface area contributed by atoms with E-state index in [1.807, 2.05) is 12.1 Å². The third kappa shape index (κ3) is 4.10. The van der Waals surface area contributed by atoms with E-state index >= 15 is 0 Å². The van der Waals surface area contributed by atoms with Crippen LogP contribution >= 0.6 is 0 Å². The molecule has 1 aromatic rings. The van der Waals surface area contributed by atoms with Crippen LogP contribution in [0, 0.1) is 11.3 Å². The van der Waals surface area contributed by atoms with Gasteiger partial charge in [0.1, 0.15) is 5.76 Å². The fourth-order valence-corrected chi connectivity index (χ4v) is 3.57. The largest absolute Gasteiger partial charge is 0.468 e. The van der Waals surface area contributed by atoms with Crippen LogP contribution in [0.5, 0.6) is 0 Å². The van der Waals surface area contributed by atoms with E-state index in [4.69, 9.17) is 9.15 Å². The fourth-order valence-electron chi connectivity index (χ4n) is 3.57. The number of furan rings is 1. The second-order valence-electron chi connectivity index (χ2n) is 7.10. The van der Waals surface area contributed by atoms with Crippen LogP contribution in [-0.2, 0) is 11.3 Å². The molecule has 3 heteroatoms. The number of nitrogens with one attached hydrogen (secondary N) is 1. The molecule has 1 fully saturated rings. The molecule has 120 valence electrons. The minimum Gasteiger partial charge on any atom is -0.468 e. The van der Waals surface area contributed by atoms with E-state index in [0.29, 0.717) is 11.3 Å². The van der Waals surface area contributed by atoms with E-state index in [1.54, 1.807) is 6.26 Å². The minimum absolute atomic E-state index is 0.0591. The standard InChI is InChI=1S/C18H31NO2/c1-5-17(4)14-18(15(2)3,9-12-21-17)8-10-19-13-16-7-6-11-20-16/h6-7,11,15,19H,5,8-10,12-14H2,1-4H3/t17-,18-/m1/s1. The highest BCUT2D eigenvalue weighted by atomic mass is 16.5. The van der Waals surface area contributed by atoms with Crippen molar-refractivity contribution >= 4 is 0 Å². The molecule has 0 unspecified atom stereocenters. The first-order valence-corrected chi connectivity index (χ1v) is 8.37. The molecule has 1 aromatic heterocycles. The average Bonchev–Trinajstić information content (AvgIpc) is 2.97. The summed E-state index contributed by atoms with van der Waals surface area (Å²) >= 11 is 0. The maximum Gasteiger partial charge on any atom is 0.117 e. The summed E-state index contributed by atoms with van der Waals surface area (Å²) in [5.41, 5.74) is 0.461. The number of ether oxygens (including phenoxy) is 1. The zero-order valence-corrected chi connectivity index (χ0v) is 14.1. The Bertz CT molecular complexity index is 415. The molecule has 0 saturated carbocycles. The Morgan fingerprint density at radius 1 is 1.38 bits per heavy atom. The third-order valence-corrected chi connectivity index (χ3v) is 5.43. The Kier molecular flexibility index (Phi) is 5.50. The Hall–Kier alpha value is -0.800. The van der Waals surface area contributed by atoms with Gasteiger partial charge in [0.2, 0.25) is 0 Å². The molecule has 1 N–H and O–H groups in total. The van der Waals surface area contributed by atoms with Crippen LogP contribution in [0.15, 0.2) is 22.8 Å². The summed E-state index contributed by atoms with van der Waals surface area (Å²) in [6, 6.07) is 3.96. The number of hydrogen-bond donors (Lipinski definition) is 1. The summed E-state index contributed by atoms with van der Waals surface area (Å²) < 4.78 is 11.4. The van der Waals surface area contributed by atoms with Gasteiger partial charge in [-0.15, -0.1) is 0 Å². The maximum atomic E-state index is 6.05. The molecule has 1 saturated heterocycles. The fraction of sp³-hybridized carbons (Fsp3) is 0.778. The summed E-state index contributed by atoms with van der Waals surface area (Å²) in [5.74, 6) is 1.71. The lowest BCUT2D eigenvalue weighted by atomic mass is 9.64. The topological polar surface area (TPSA) is 34.4 Å². The zero-order valence-electron chi connectivity index (χ0n) is 14.1. The highest BCUT2D eigenvalue weighted by Crippen LogP contribution is 2.47. The van der Waals surface area contributed by atoms with E-state index in [-0.39, 0.29) is 5.60 Å². The van der Waals surface area contributed by atoms with Crippen LogP contribution in [-0.4, -0.2) is 18.8 Å². The average molecular weight is 293 g/mol. The van der Waals surface area contributed by atoms with E-state index in [0.717, 1.165) is 31.9 Å². The molecular formula is C18H31NO2. The van der Waals surface area contributed by atoms with E-state index < -0.39 is 0 Å². The van der Waals surface area contributed by atoms with Gasteiger partial charge in [-0.05, 0) is 62.6 Å². The van der Waals surface area contributed by atoms with E-state index in [9.17, 15) is 0 Å². The van der Waals surface area contributed by atoms with Crippen LogP contribution in [0.1, 0.15) is 59.1 Å². The van der Waals surface area contributed by atoms with Gasteiger partial charge in [0.15, 0.2) is 0 Å². The first-order chi connectivity index (χ1) is 10.00. The van der Waals surface area contributed by atoms with Gasteiger partial charge in [-0.3, -0.25) is 0 Å². The molecular weight excluding hydrogens is 262 g/mol. The van der Waals surface area contributed by atoms with Gasteiger partial charge in [-0.2, -0.15) is 0 Å². The summed E-state index contributed by atoms with van der Waals surface area (Å²) in [6.07, 6.45) is 6.41. The summed E-state index contributed by atoms with van der Waals surface area (Å²) in [5, 5.41) is 3.53. The zero-order chi connectivity index (χ0) is 15.3. The Labute approximate surface area is 129 Å². The Morgan fingerprint density at radius 2 is 2.19 bits per heavy atom. The molecule has 2 rings (SSSR count). The molecule has 2 heterocycles. The summed E-state index contributed by atoms with van der Waals surface area (Å²) in [4.78, 5) is 0. The van der Waals surface area contributed by atoms with Gasteiger partial charge in [0.25, 0.3) is 0 Å². The highest BCUT2D eigenvalue weighted by molar-refractivity contribution is 4.98. The lowest BCUT2D eigenvalue weighted by Gasteiger charge is -2.49. The molecule has 0 spiro atoms. The minimum atomic E-state index is 0.0591. The van der Waals surface area contributed by atoms with Gasteiger partial charge in [-0.1, -0.05) is 20.8 Å².